The van der Waals surface area contributed by atoms with Gasteiger partial charge in [0, 0.05) is 18.5 Å². The van der Waals surface area contributed by atoms with Gasteiger partial charge in [0.25, 0.3) is 0 Å². The monoisotopic (exact) mass is 383 g/mol. The molecule has 3 nitrogen and oxygen atoms in total. The first-order chi connectivity index (χ1) is 13.5. The summed E-state index contributed by atoms with van der Waals surface area (Å²) in [5, 5.41) is 0. The molecule has 0 aromatic heterocycles. The summed E-state index contributed by atoms with van der Waals surface area (Å²) in [5.74, 6) is 4.45. The van der Waals surface area contributed by atoms with Crippen molar-refractivity contribution < 1.29 is 9.53 Å². The number of rotatable bonds is 6. The van der Waals surface area contributed by atoms with Crippen molar-refractivity contribution in [1.29, 1.82) is 0 Å². The van der Waals surface area contributed by atoms with Gasteiger partial charge in [-0.2, -0.15) is 0 Å². The molecule has 2 fully saturated rings. The van der Waals surface area contributed by atoms with E-state index in [-0.39, 0.29) is 5.41 Å². The zero-order valence-electron chi connectivity index (χ0n) is 18.1. The molecule has 0 spiro atoms. The van der Waals surface area contributed by atoms with Crippen molar-refractivity contribution in [3.8, 4) is 0 Å². The minimum absolute atomic E-state index is 0.288. The number of ether oxygens (including phenoxy) is 1. The van der Waals surface area contributed by atoms with Gasteiger partial charge < -0.3 is 9.64 Å². The van der Waals surface area contributed by atoms with Gasteiger partial charge in [-0.15, -0.1) is 0 Å². The average Bonchev–Trinajstić information content (AvgIpc) is 3.05. The van der Waals surface area contributed by atoms with Crippen molar-refractivity contribution in [3.05, 3.63) is 35.6 Å². The fourth-order valence-electron chi connectivity index (χ4n) is 6.91. The van der Waals surface area contributed by atoms with Crippen LogP contribution in [0.25, 0.3) is 0 Å². The smallest absolute Gasteiger partial charge is 0.209 e. The van der Waals surface area contributed by atoms with Gasteiger partial charge in [-0.05, 0) is 85.3 Å². The Balaban J connectivity index is 1.54. The van der Waals surface area contributed by atoms with Crippen LogP contribution in [0.2, 0.25) is 0 Å². The normalized spacial score (nSPS) is 38.8. The van der Waals surface area contributed by atoms with E-state index in [1.807, 2.05) is 0 Å². The van der Waals surface area contributed by atoms with Crippen LogP contribution in [0.15, 0.2) is 35.6 Å². The first-order valence-electron chi connectivity index (χ1n) is 11.3. The molecule has 0 aromatic carbocycles. The Kier molecular flexibility index (Phi) is 5.46. The molecule has 0 aromatic rings. The van der Waals surface area contributed by atoms with Gasteiger partial charge >= 0.3 is 0 Å². The van der Waals surface area contributed by atoms with E-state index in [9.17, 15) is 4.79 Å². The molecule has 6 atom stereocenters. The Hall–Kier alpha value is -1.51. The number of carbonyl (C=O) groups excluding carboxylic acids is 1. The lowest BCUT2D eigenvalue weighted by atomic mass is 9.53. The second-order valence-electron chi connectivity index (χ2n) is 10.2. The van der Waals surface area contributed by atoms with Gasteiger partial charge in [0.15, 0.2) is 0 Å². The summed E-state index contributed by atoms with van der Waals surface area (Å²) in [5.41, 5.74) is 1.75. The Bertz CT molecular complexity index is 691. The fourth-order valence-corrected chi connectivity index (χ4v) is 6.91. The summed E-state index contributed by atoms with van der Waals surface area (Å²) >= 11 is 0. The number of fused-ring (bicyclic) bond motifs is 5. The van der Waals surface area contributed by atoms with Crippen LogP contribution in [0.1, 0.15) is 59.3 Å². The molecule has 1 amide bonds. The third-order valence-corrected chi connectivity index (χ3v) is 8.43. The van der Waals surface area contributed by atoms with Crippen LogP contribution in [0, 0.1) is 35.0 Å². The van der Waals surface area contributed by atoms with E-state index in [1.54, 1.807) is 7.11 Å². The summed E-state index contributed by atoms with van der Waals surface area (Å²) in [6.07, 6.45) is 17.7. The minimum atomic E-state index is 0.288. The molecule has 0 aliphatic heterocycles. The molecular weight excluding hydrogens is 346 g/mol. The highest BCUT2D eigenvalue weighted by Gasteiger charge is 2.56. The molecule has 0 heterocycles. The summed E-state index contributed by atoms with van der Waals surface area (Å²) < 4.78 is 5.45. The molecule has 0 bridgehead atoms. The lowest BCUT2D eigenvalue weighted by Gasteiger charge is -2.53. The fraction of sp³-hybridized carbons (Fsp3) is 0.720. The van der Waals surface area contributed by atoms with Crippen molar-refractivity contribution in [2.45, 2.75) is 65.3 Å². The highest BCUT2D eigenvalue weighted by molar-refractivity contribution is 5.48. The van der Waals surface area contributed by atoms with Crippen molar-refractivity contribution in [3.63, 3.8) is 0 Å². The highest BCUT2D eigenvalue weighted by atomic mass is 16.5. The summed E-state index contributed by atoms with van der Waals surface area (Å²) in [6, 6.07) is 0.432. The predicted molar refractivity (Wildman–Crippen MR) is 113 cm³/mol. The number of methoxy groups -OCH3 is 1. The third-order valence-electron chi connectivity index (χ3n) is 8.43. The number of hydrogen-bond donors (Lipinski definition) is 0. The van der Waals surface area contributed by atoms with Gasteiger partial charge in [0.05, 0.1) is 7.11 Å². The molecule has 2 saturated carbocycles. The molecule has 28 heavy (non-hydrogen) atoms. The molecule has 4 rings (SSSR count). The van der Waals surface area contributed by atoms with E-state index < -0.39 is 0 Å². The average molecular weight is 384 g/mol. The van der Waals surface area contributed by atoms with Gasteiger partial charge in [0.2, 0.25) is 6.41 Å². The van der Waals surface area contributed by atoms with Crippen molar-refractivity contribution in [1.82, 2.24) is 4.90 Å². The summed E-state index contributed by atoms with van der Waals surface area (Å²) in [6.45, 7) is 7.92. The van der Waals surface area contributed by atoms with Crippen LogP contribution in [-0.4, -0.2) is 31.0 Å². The largest absolute Gasteiger partial charge is 0.497 e. The topological polar surface area (TPSA) is 29.5 Å². The maximum Gasteiger partial charge on any atom is 0.209 e. The molecule has 0 N–H and O–H groups in total. The molecule has 4 aliphatic carbocycles. The number of hydrogen-bond acceptors (Lipinski definition) is 2. The molecule has 154 valence electrons. The summed E-state index contributed by atoms with van der Waals surface area (Å²) in [4.78, 5) is 14.1. The van der Waals surface area contributed by atoms with Crippen molar-refractivity contribution in [2.24, 2.45) is 35.0 Å². The SMILES string of the molecule is COC1=CC2=CC[C@@H]3[C@H](CC[C@]4(C)[C@@H](N(C=O)CCC(C)C)CC[C@@H]34)[C@H]2C=C1. The molecule has 0 radical (unpaired) electrons. The lowest BCUT2D eigenvalue weighted by molar-refractivity contribution is -0.124. The number of nitrogens with zero attached hydrogens (tertiary/aromatic N) is 1. The van der Waals surface area contributed by atoms with E-state index in [2.05, 4.69) is 50.0 Å². The minimum Gasteiger partial charge on any atom is -0.497 e. The zero-order chi connectivity index (χ0) is 19.9. The molecule has 0 unspecified atom stereocenters. The van der Waals surface area contributed by atoms with Crippen molar-refractivity contribution in [2.75, 3.05) is 13.7 Å². The number of amides is 1. The van der Waals surface area contributed by atoms with Crippen LogP contribution < -0.4 is 0 Å². The van der Waals surface area contributed by atoms with Crippen LogP contribution in [-0.2, 0) is 9.53 Å². The highest BCUT2D eigenvalue weighted by Crippen LogP contribution is 2.61. The van der Waals surface area contributed by atoms with Crippen molar-refractivity contribution >= 4 is 6.41 Å². The van der Waals surface area contributed by atoms with Gasteiger partial charge in [-0.3, -0.25) is 4.79 Å². The Morgan fingerprint density at radius 2 is 2.11 bits per heavy atom. The van der Waals surface area contributed by atoms with Crippen LogP contribution in [0.5, 0.6) is 0 Å². The van der Waals surface area contributed by atoms with E-state index in [1.165, 1.54) is 37.7 Å². The van der Waals surface area contributed by atoms with Crippen LogP contribution >= 0.6 is 0 Å². The summed E-state index contributed by atoms with van der Waals surface area (Å²) in [7, 11) is 1.76. The molecular formula is C25H37NO2. The van der Waals surface area contributed by atoms with E-state index in [0.29, 0.717) is 17.9 Å². The quantitative estimate of drug-likeness (QED) is 0.579. The van der Waals surface area contributed by atoms with E-state index in [4.69, 9.17) is 4.74 Å². The Morgan fingerprint density at radius 1 is 1.29 bits per heavy atom. The first-order valence-corrected chi connectivity index (χ1v) is 11.3. The Labute approximate surface area is 170 Å². The number of allylic oxidation sites excluding steroid dienone is 5. The second kappa shape index (κ2) is 7.72. The van der Waals surface area contributed by atoms with Gasteiger partial charge in [0.1, 0.15) is 5.76 Å². The molecule has 0 saturated heterocycles. The molecule has 3 heteroatoms. The standard InChI is InChI=1S/C25H37NO2/c1-17(2)12-14-26(16-27)24-10-9-23-22-7-5-18-15-19(28-4)6-8-20(18)21(22)11-13-25(23,24)3/h5-6,8,15-17,20-24H,7,9-14H2,1-4H3/t20-,21+,22+,23-,24-,25-/m0/s1. The Morgan fingerprint density at radius 3 is 2.82 bits per heavy atom. The van der Waals surface area contributed by atoms with Gasteiger partial charge in [-0.1, -0.05) is 32.9 Å². The molecule has 4 aliphatic rings. The first kappa shape index (κ1) is 19.8. The maximum atomic E-state index is 11.9. The zero-order valence-corrected chi connectivity index (χ0v) is 18.1. The predicted octanol–water partition coefficient (Wildman–Crippen LogP) is 5.35. The third kappa shape index (κ3) is 3.25. The van der Waals surface area contributed by atoms with E-state index in [0.717, 1.165) is 42.9 Å². The maximum absolute atomic E-state index is 11.9. The second-order valence-corrected chi connectivity index (χ2v) is 10.2. The lowest BCUT2D eigenvalue weighted by Crippen LogP contribution is -2.51. The van der Waals surface area contributed by atoms with E-state index >= 15 is 0 Å². The number of carbonyl (C=O) groups is 1. The van der Waals surface area contributed by atoms with Crippen LogP contribution in [0.3, 0.4) is 0 Å². The van der Waals surface area contributed by atoms with Gasteiger partial charge in [-0.25, -0.2) is 0 Å². The van der Waals surface area contributed by atoms with Crippen LogP contribution in [0.4, 0.5) is 0 Å².